The van der Waals surface area contributed by atoms with E-state index in [1.807, 2.05) is 31.4 Å². The van der Waals surface area contributed by atoms with Gasteiger partial charge in [0.2, 0.25) is 11.9 Å². The Labute approximate surface area is 140 Å². The number of aryl methyl sites for hydroxylation is 2. The van der Waals surface area contributed by atoms with Crippen molar-refractivity contribution >= 4 is 23.7 Å². The standard InChI is InChI=1S/C16H21N6O2/c1-6-8-21-14(23)12-13(19(5)16(21)24)17-15(20(12)7-2)22-11(4)9-10(3)18-22/h6,9,12H,1,7-8H2,2-5H3/q+1. The summed E-state index contributed by atoms with van der Waals surface area (Å²) in [4.78, 5) is 32.5. The highest BCUT2D eigenvalue weighted by Gasteiger charge is 2.52. The molecule has 0 spiro atoms. The lowest BCUT2D eigenvalue weighted by Crippen LogP contribution is -2.62. The number of carbonyl (C=O) groups excluding carboxylic acids is 2. The minimum absolute atomic E-state index is 0.179. The van der Waals surface area contributed by atoms with Crippen LogP contribution in [0.3, 0.4) is 0 Å². The first kappa shape index (κ1) is 16.1. The molecular formula is C16H21N6O2+. The molecule has 1 fully saturated rings. The lowest BCUT2D eigenvalue weighted by Gasteiger charge is -2.33. The zero-order chi connectivity index (χ0) is 17.6. The minimum atomic E-state index is -0.614. The summed E-state index contributed by atoms with van der Waals surface area (Å²) in [6, 6.07) is 0.945. The SMILES string of the molecule is C=CCN1C(=O)C2C(=NC(n3nc(C)cc3C)=[N+]2CC)N(C)C1=O. The highest BCUT2D eigenvalue weighted by atomic mass is 16.2. The van der Waals surface area contributed by atoms with Crippen LogP contribution in [-0.2, 0) is 4.79 Å². The van der Waals surface area contributed by atoms with Gasteiger partial charge >= 0.3 is 12.0 Å². The fourth-order valence-corrected chi connectivity index (χ4v) is 3.13. The van der Waals surface area contributed by atoms with Crippen LogP contribution in [0.2, 0.25) is 0 Å². The van der Waals surface area contributed by atoms with E-state index in [4.69, 9.17) is 0 Å². The van der Waals surface area contributed by atoms with E-state index in [1.54, 1.807) is 17.8 Å². The average Bonchev–Trinajstić information content (AvgIpc) is 3.08. The van der Waals surface area contributed by atoms with Crippen LogP contribution in [0.5, 0.6) is 0 Å². The molecule has 1 atom stereocenters. The molecule has 1 aromatic heterocycles. The second-order valence-electron chi connectivity index (χ2n) is 5.88. The van der Waals surface area contributed by atoms with Crippen LogP contribution in [0.1, 0.15) is 18.3 Å². The van der Waals surface area contributed by atoms with Crippen LogP contribution in [-0.4, -0.2) is 74.1 Å². The number of fused-ring (bicyclic) bond motifs is 1. The molecule has 126 valence electrons. The number of hydrogen-bond acceptors (Lipinski definition) is 4. The number of imide groups is 1. The van der Waals surface area contributed by atoms with Crippen LogP contribution in [0.4, 0.5) is 4.79 Å². The van der Waals surface area contributed by atoms with Crippen molar-refractivity contribution in [3.63, 3.8) is 0 Å². The van der Waals surface area contributed by atoms with Crippen molar-refractivity contribution in [3.05, 3.63) is 30.1 Å². The largest absolute Gasteiger partial charge is 0.421 e. The van der Waals surface area contributed by atoms with E-state index in [0.717, 1.165) is 11.4 Å². The zero-order valence-electron chi connectivity index (χ0n) is 14.4. The van der Waals surface area contributed by atoms with Gasteiger partial charge in [0, 0.05) is 13.6 Å². The molecule has 0 bridgehead atoms. The fourth-order valence-electron chi connectivity index (χ4n) is 3.13. The van der Waals surface area contributed by atoms with Crippen LogP contribution in [0, 0.1) is 13.8 Å². The molecule has 3 amide bonds. The van der Waals surface area contributed by atoms with E-state index >= 15 is 0 Å². The van der Waals surface area contributed by atoms with Crippen molar-refractivity contribution in [2.45, 2.75) is 26.8 Å². The van der Waals surface area contributed by atoms with E-state index in [-0.39, 0.29) is 18.5 Å². The fraction of sp³-hybridized carbons (Fsp3) is 0.438. The van der Waals surface area contributed by atoms with E-state index in [0.29, 0.717) is 18.3 Å². The Balaban J connectivity index is 2.14. The number of carbonyl (C=O) groups is 2. The molecule has 8 nitrogen and oxygen atoms in total. The van der Waals surface area contributed by atoms with E-state index < -0.39 is 6.04 Å². The predicted molar refractivity (Wildman–Crippen MR) is 89.2 cm³/mol. The molecular weight excluding hydrogens is 308 g/mol. The highest BCUT2D eigenvalue weighted by Crippen LogP contribution is 2.20. The number of aromatic nitrogens is 2. The number of nitrogens with zero attached hydrogens (tertiary/aromatic N) is 6. The molecule has 0 radical (unpaired) electrons. The van der Waals surface area contributed by atoms with Crippen molar-refractivity contribution < 1.29 is 14.2 Å². The molecule has 1 saturated heterocycles. The first-order valence-corrected chi connectivity index (χ1v) is 7.86. The summed E-state index contributed by atoms with van der Waals surface area (Å²) in [6.07, 6.45) is 1.54. The van der Waals surface area contributed by atoms with Crippen molar-refractivity contribution in [3.8, 4) is 0 Å². The monoisotopic (exact) mass is 329 g/mol. The van der Waals surface area contributed by atoms with Crippen LogP contribution in [0.15, 0.2) is 23.7 Å². The van der Waals surface area contributed by atoms with Gasteiger partial charge in [-0.05, 0) is 26.8 Å². The number of hydrogen-bond donors (Lipinski definition) is 0. The Hall–Kier alpha value is -2.77. The van der Waals surface area contributed by atoms with Gasteiger partial charge in [-0.2, -0.15) is 0 Å². The maximum Gasteiger partial charge on any atom is 0.421 e. The lowest BCUT2D eigenvalue weighted by molar-refractivity contribution is -0.534. The zero-order valence-corrected chi connectivity index (χ0v) is 14.4. The summed E-state index contributed by atoms with van der Waals surface area (Å²) in [6.45, 7) is 10.2. The lowest BCUT2D eigenvalue weighted by atomic mass is 10.1. The molecule has 2 aliphatic heterocycles. The smallest absolute Gasteiger partial charge is 0.270 e. The minimum Gasteiger partial charge on any atom is -0.270 e. The van der Waals surface area contributed by atoms with Crippen molar-refractivity contribution in [1.29, 1.82) is 0 Å². The topological polar surface area (TPSA) is 73.8 Å². The van der Waals surface area contributed by atoms with Crippen LogP contribution >= 0.6 is 0 Å². The highest BCUT2D eigenvalue weighted by molar-refractivity contribution is 6.23. The molecule has 3 rings (SSSR count). The molecule has 1 aromatic rings. The van der Waals surface area contributed by atoms with Crippen molar-refractivity contribution in [2.75, 3.05) is 20.1 Å². The van der Waals surface area contributed by atoms with Gasteiger partial charge < -0.3 is 0 Å². The summed E-state index contributed by atoms with van der Waals surface area (Å²) in [5.41, 5.74) is 1.79. The van der Waals surface area contributed by atoms with Gasteiger partial charge in [-0.1, -0.05) is 11.1 Å². The first-order valence-electron chi connectivity index (χ1n) is 7.86. The van der Waals surface area contributed by atoms with E-state index in [2.05, 4.69) is 16.7 Å². The summed E-state index contributed by atoms with van der Waals surface area (Å²) in [5.74, 6) is 0.724. The van der Waals surface area contributed by atoms with Crippen molar-refractivity contribution in [1.82, 2.24) is 19.6 Å². The van der Waals surface area contributed by atoms with Gasteiger partial charge in [0.15, 0.2) is 0 Å². The Morgan fingerprint density at radius 1 is 1.38 bits per heavy atom. The molecule has 0 saturated carbocycles. The third kappa shape index (κ3) is 2.17. The van der Waals surface area contributed by atoms with Crippen LogP contribution in [0.25, 0.3) is 0 Å². The summed E-state index contributed by atoms with van der Waals surface area (Å²) < 4.78 is 3.59. The summed E-state index contributed by atoms with van der Waals surface area (Å²) in [7, 11) is 1.63. The number of rotatable bonds is 3. The average molecular weight is 329 g/mol. The third-order valence-electron chi connectivity index (χ3n) is 4.24. The number of urea groups is 1. The van der Waals surface area contributed by atoms with Gasteiger partial charge in [0.25, 0.3) is 5.91 Å². The molecule has 8 heteroatoms. The van der Waals surface area contributed by atoms with Gasteiger partial charge in [-0.15, -0.1) is 16.4 Å². The predicted octanol–water partition coefficient (Wildman–Crippen LogP) is 0.597. The molecule has 24 heavy (non-hydrogen) atoms. The maximum atomic E-state index is 12.9. The Morgan fingerprint density at radius 2 is 2.08 bits per heavy atom. The Morgan fingerprint density at radius 3 is 2.62 bits per heavy atom. The molecule has 0 aromatic carbocycles. The second-order valence-corrected chi connectivity index (χ2v) is 5.88. The summed E-state index contributed by atoms with van der Waals surface area (Å²) in [5, 5.41) is 4.46. The van der Waals surface area contributed by atoms with Gasteiger partial charge in [0.1, 0.15) is 5.69 Å². The molecule has 0 N–H and O–H groups in total. The number of aliphatic imine (C=N–C) groups is 1. The van der Waals surface area contributed by atoms with E-state index in [9.17, 15) is 9.59 Å². The van der Waals surface area contributed by atoms with Gasteiger partial charge in [-0.25, -0.2) is 9.37 Å². The molecule has 2 aliphatic rings. The number of likely N-dealkylation sites (N-methyl/N-ethyl adjacent to an activating group) is 2. The number of amidine groups is 1. The van der Waals surface area contributed by atoms with Gasteiger partial charge in [-0.3, -0.25) is 14.6 Å². The van der Waals surface area contributed by atoms with Gasteiger partial charge in [0.05, 0.1) is 12.2 Å². The molecule has 0 aliphatic carbocycles. The summed E-state index contributed by atoms with van der Waals surface area (Å²) >= 11 is 0. The van der Waals surface area contributed by atoms with Crippen molar-refractivity contribution in [2.24, 2.45) is 4.99 Å². The Kier molecular flexibility index (Phi) is 3.82. The molecule has 3 heterocycles. The first-order chi connectivity index (χ1) is 11.4. The Bertz CT molecular complexity index is 803. The second kappa shape index (κ2) is 5.70. The van der Waals surface area contributed by atoms with E-state index in [1.165, 1.54) is 9.80 Å². The maximum absolute atomic E-state index is 12.9. The van der Waals surface area contributed by atoms with Crippen LogP contribution < -0.4 is 0 Å². The quantitative estimate of drug-likeness (QED) is 0.602. The normalized spacial score (nSPS) is 20.7. The third-order valence-corrected chi connectivity index (χ3v) is 4.24. The molecule has 1 unspecified atom stereocenters. The number of amides is 3.